The normalized spacial score (nSPS) is 12.6. The Morgan fingerprint density at radius 1 is 0.848 bits per heavy atom. The van der Waals surface area contributed by atoms with Gasteiger partial charge in [-0.1, -0.05) is 76.3 Å². The van der Waals surface area contributed by atoms with E-state index in [4.69, 9.17) is 0 Å². The van der Waals surface area contributed by atoms with Crippen LogP contribution >= 0.6 is 0 Å². The largest absolute Gasteiger partial charge is 0.449 e. The third-order valence-electron chi connectivity index (χ3n) is 5.57. The van der Waals surface area contributed by atoms with E-state index < -0.39 is 41.9 Å². The molecule has 1 atom stereocenters. The average Bonchev–Trinajstić information content (AvgIpc) is 2.77. The molecule has 2 aromatic rings. The van der Waals surface area contributed by atoms with Gasteiger partial charge in [0.15, 0.2) is 17.7 Å². The predicted octanol–water partition coefficient (Wildman–Crippen LogP) is 8.42. The molecule has 0 amide bonds. The van der Waals surface area contributed by atoms with Gasteiger partial charge in [-0.2, -0.15) is 13.2 Å². The van der Waals surface area contributed by atoms with Crippen molar-refractivity contribution in [3.63, 3.8) is 0 Å². The summed E-state index contributed by atoms with van der Waals surface area (Å²) < 4.78 is 73.7. The monoisotopic (exact) mass is 470 g/mol. The fraction of sp³-hybridized carbons (Fsp3) is 0.500. The van der Waals surface area contributed by atoms with Crippen LogP contribution in [0.4, 0.5) is 22.0 Å². The van der Waals surface area contributed by atoms with Gasteiger partial charge < -0.3 is 4.74 Å². The smallest absolute Gasteiger partial charge is 0.425 e. The summed E-state index contributed by atoms with van der Waals surface area (Å²) in [6, 6.07) is 9.13. The van der Waals surface area contributed by atoms with Crippen molar-refractivity contribution in [1.29, 1.82) is 0 Å². The molecule has 0 aliphatic carbocycles. The van der Waals surface area contributed by atoms with Crippen LogP contribution in [-0.4, -0.2) is 18.2 Å². The minimum atomic E-state index is -4.78. The molecular weight excluding hydrogens is 439 g/mol. The zero-order chi connectivity index (χ0) is 24.4. The molecule has 0 N–H and O–H groups in total. The minimum Gasteiger partial charge on any atom is -0.449 e. The van der Waals surface area contributed by atoms with E-state index in [9.17, 15) is 26.7 Å². The molecule has 0 saturated heterocycles. The zero-order valence-corrected chi connectivity index (χ0v) is 19.1. The lowest BCUT2D eigenvalue weighted by molar-refractivity contribution is -0.206. The molecule has 0 saturated carbocycles. The van der Waals surface area contributed by atoms with Crippen molar-refractivity contribution in [2.75, 3.05) is 0 Å². The molecule has 0 spiro atoms. The molecule has 7 heteroatoms. The molecule has 33 heavy (non-hydrogen) atoms. The van der Waals surface area contributed by atoms with Gasteiger partial charge in [0.25, 0.3) is 0 Å². The number of esters is 1. The number of ether oxygens (including phenoxy) is 1. The Balaban J connectivity index is 2.15. The van der Waals surface area contributed by atoms with Crippen LogP contribution in [0, 0.1) is 11.6 Å². The number of hydrogen-bond donors (Lipinski definition) is 0. The van der Waals surface area contributed by atoms with E-state index in [0.717, 1.165) is 50.2 Å². The van der Waals surface area contributed by atoms with Crippen LogP contribution in [0.5, 0.6) is 0 Å². The second kappa shape index (κ2) is 12.7. The molecule has 2 nitrogen and oxygen atoms in total. The molecule has 0 heterocycles. The van der Waals surface area contributed by atoms with Crippen LogP contribution in [0.15, 0.2) is 36.4 Å². The van der Waals surface area contributed by atoms with Crippen LogP contribution in [0.1, 0.15) is 81.1 Å². The SMILES string of the molecule is CCCCCCC(OC(=O)c1ccc(-c2ccc(CCCCC)cc2)c(F)c1F)C(F)(F)F. The molecule has 2 rings (SSSR count). The van der Waals surface area contributed by atoms with Crippen LogP contribution in [0.3, 0.4) is 0 Å². The minimum absolute atomic E-state index is 0.0731. The van der Waals surface area contributed by atoms with Gasteiger partial charge in [0.1, 0.15) is 0 Å². The molecule has 0 bridgehead atoms. The first-order valence-electron chi connectivity index (χ1n) is 11.5. The van der Waals surface area contributed by atoms with E-state index in [-0.39, 0.29) is 12.0 Å². The first-order valence-corrected chi connectivity index (χ1v) is 11.5. The Hall–Kier alpha value is -2.44. The topological polar surface area (TPSA) is 26.3 Å². The number of hydrogen-bond acceptors (Lipinski definition) is 2. The maximum absolute atomic E-state index is 14.7. The number of carbonyl (C=O) groups is 1. The van der Waals surface area contributed by atoms with Crippen molar-refractivity contribution in [1.82, 2.24) is 0 Å². The number of unbranched alkanes of at least 4 members (excludes halogenated alkanes) is 5. The summed E-state index contributed by atoms with van der Waals surface area (Å²) in [6.07, 6.45) is -1.05. The molecule has 0 aliphatic heterocycles. The number of carbonyl (C=O) groups excluding carboxylic acids is 1. The predicted molar refractivity (Wildman–Crippen MR) is 119 cm³/mol. The van der Waals surface area contributed by atoms with E-state index in [1.54, 1.807) is 12.1 Å². The van der Waals surface area contributed by atoms with Crippen molar-refractivity contribution in [3.8, 4) is 11.1 Å². The number of rotatable bonds is 12. The zero-order valence-electron chi connectivity index (χ0n) is 19.1. The average molecular weight is 471 g/mol. The standard InChI is InChI=1S/C26H31F5O2/c1-3-5-7-9-11-22(26(29,30)31)33-25(32)21-17-16-20(23(27)24(21)28)19-14-12-18(13-15-19)10-8-6-4-2/h12-17,22H,3-11H2,1-2H3. The van der Waals surface area contributed by atoms with E-state index in [0.29, 0.717) is 12.0 Å². The quantitative estimate of drug-likeness (QED) is 0.177. The Bertz CT molecular complexity index is 891. The van der Waals surface area contributed by atoms with Gasteiger partial charge >= 0.3 is 12.1 Å². The second-order valence-corrected chi connectivity index (χ2v) is 8.23. The summed E-state index contributed by atoms with van der Waals surface area (Å²) in [6.45, 7) is 4.03. The van der Waals surface area contributed by atoms with E-state index in [1.807, 2.05) is 19.1 Å². The number of benzene rings is 2. The number of aryl methyl sites for hydroxylation is 1. The number of alkyl halides is 3. The Morgan fingerprint density at radius 2 is 1.48 bits per heavy atom. The van der Waals surface area contributed by atoms with E-state index >= 15 is 0 Å². The fourth-order valence-electron chi connectivity index (χ4n) is 3.60. The lowest BCUT2D eigenvalue weighted by Gasteiger charge is -2.21. The maximum Gasteiger partial charge on any atom is 0.425 e. The molecule has 0 fully saturated rings. The highest BCUT2D eigenvalue weighted by Crippen LogP contribution is 2.31. The van der Waals surface area contributed by atoms with Crippen LogP contribution in [0.25, 0.3) is 11.1 Å². The summed E-state index contributed by atoms with van der Waals surface area (Å²) in [5, 5.41) is 0. The molecule has 0 aliphatic rings. The summed E-state index contributed by atoms with van der Waals surface area (Å²) in [4.78, 5) is 12.3. The van der Waals surface area contributed by atoms with Crippen LogP contribution in [0.2, 0.25) is 0 Å². The van der Waals surface area contributed by atoms with E-state index in [2.05, 4.69) is 11.7 Å². The molecule has 2 aromatic carbocycles. The number of halogens is 5. The molecular formula is C26H31F5O2. The molecule has 0 aromatic heterocycles. The second-order valence-electron chi connectivity index (χ2n) is 8.23. The highest BCUT2D eigenvalue weighted by molar-refractivity contribution is 5.90. The van der Waals surface area contributed by atoms with Crippen LogP contribution in [-0.2, 0) is 11.2 Å². The third-order valence-corrected chi connectivity index (χ3v) is 5.57. The Morgan fingerprint density at radius 3 is 2.09 bits per heavy atom. The van der Waals surface area contributed by atoms with Crippen molar-refractivity contribution in [3.05, 3.63) is 59.2 Å². The van der Waals surface area contributed by atoms with Crippen molar-refractivity contribution >= 4 is 5.97 Å². The molecule has 0 radical (unpaired) electrons. The lowest BCUT2D eigenvalue weighted by Crippen LogP contribution is -2.34. The highest BCUT2D eigenvalue weighted by atomic mass is 19.4. The van der Waals surface area contributed by atoms with Gasteiger partial charge in [0.2, 0.25) is 0 Å². The molecule has 182 valence electrons. The van der Waals surface area contributed by atoms with Crippen molar-refractivity contribution < 1.29 is 31.5 Å². The Labute approximate surface area is 192 Å². The van der Waals surface area contributed by atoms with Gasteiger partial charge in [-0.3, -0.25) is 0 Å². The third kappa shape index (κ3) is 7.83. The fourth-order valence-corrected chi connectivity index (χ4v) is 3.60. The van der Waals surface area contributed by atoms with Gasteiger partial charge in [0.05, 0.1) is 5.56 Å². The van der Waals surface area contributed by atoms with Gasteiger partial charge in [-0.25, -0.2) is 13.6 Å². The summed E-state index contributed by atoms with van der Waals surface area (Å²) in [5.41, 5.74) is 0.561. The van der Waals surface area contributed by atoms with Crippen molar-refractivity contribution in [2.45, 2.75) is 83.9 Å². The van der Waals surface area contributed by atoms with Gasteiger partial charge in [0, 0.05) is 5.56 Å². The van der Waals surface area contributed by atoms with E-state index in [1.165, 1.54) is 6.07 Å². The Kier molecular flexibility index (Phi) is 10.3. The first-order chi connectivity index (χ1) is 15.7. The highest BCUT2D eigenvalue weighted by Gasteiger charge is 2.42. The summed E-state index contributed by atoms with van der Waals surface area (Å²) in [7, 11) is 0. The first kappa shape index (κ1) is 26.8. The summed E-state index contributed by atoms with van der Waals surface area (Å²) in [5.74, 6) is -4.34. The maximum atomic E-state index is 14.7. The van der Waals surface area contributed by atoms with Gasteiger partial charge in [-0.05, 0) is 42.9 Å². The van der Waals surface area contributed by atoms with Gasteiger partial charge in [-0.15, -0.1) is 0 Å². The summed E-state index contributed by atoms with van der Waals surface area (Å²) >= 11 is 0. The van der Waals surface area contributed by atoms with Crippen LogP contribution < -0.4 is 0 Å². The lowest BCUT2D eigenvalue weighted by atomic mass is 9.99. The molecule has 1 unspecified atom stereocenters. The van der Waals surface area contributed by atoms with Crippen molar-refractivity contribution in [2.24, 2.45) is 0 Å².